The van der Waals surface area contributed by atoms with Crippen molar-refractivity contribution in [3.05, 3.63) is 53.1 Å². The SMILES string of the molecule is CC(C)(Nc1ncc(-c2nnc(C(F)F)o2)cn1)c1ccc(Cl)cc1. The molecule has 0 atom stereocenters. The van der Waals surface area contributed by atoms with Crippen LogP contribution in [0.25, 0.3) is 11.5 Å². The molecule has 6 nitrogen and oxygen atoms in total. The summed E-state index contributed by atoms with van der Waals surface area (Å²) in [4.78, 5) is 8.35. The Kier molecular flexibility index (Phi) is 4.63. The Labute approximate surface area is 147 Å². The van der Waals surface area contributed by atoms with Crippen LogP contribution < -0.4 is 5.32 Å². The number of benzene rings is 1. The van der Waals surface area contributed by atoms with Gasteiger partial charge in [0, 0.05) is 17.4 Å². The fourth-order valence-electron chi connectivity index (χ4n) is 2.16. The average molecular weight is 366 g/mol. The summed E-state index contributed by atoms with van der Waals surface area (Å²) >= 11 is 5.91. The molecule has 0 bridgehead atoms. The van der Waals surface area contributed by atoms with Crippen molar-refractivity contribution in [3.8, 4) is 11.5 Å². The minimum atomic E-state index is -2.82. The molecule has 0 unspecified atom stereocenters. The summed E-state index contributed by atoms with van der Waals surface area (Å²) in [5.74, 6) is -0.419. The maximum Gasteiger partial charge on any atom is 0.314 e. The first-order valence-corrected chi connectivity index (χ1v) is 7.71. The van der Waals surface area contributed by atoms with Crippen LogP contribution in [0.4, 0.5) is 14.7 Å². The number of rotatable bonds is 5. The van der Waals surface area contributed by atoms with Gasteiger partial charge in [-0.25, -0.2) is 9.97 Å². The van der Waals surface area contributed by atoms with E-state index in [9.17, 15) is 8.78 Å². The fourth-order valence-corrected chi connectivity index (χ4v) is 2.29. The number of nitrogens with one attached hydrogen (secondary N) is 1. The smallest absolute Gasteiger partial charge is 0.314 e. The van der Waals surface area contributed by atoms with Gasteiger partial charge in [-0.3, -0.25) is 0 Å². The highest BCUT2D eigenvalue weighted by Crippen LogP contribution is 2.26. The van der Waals surface area contributed by atoms with E-state index < -0.39 is 17.9 Å². The maximum absolute atomic E-state index is 12.5. The number of hydrogen-bond donors (Lipinski definition) is 1. The maximum atomic E-state index is 12.5. The molecule has 0 amide bonds. The third-order valence-electron chi connectivity index (χ3n) is 3.52. The van der Waals surface area contributed by atoms with Gasteiger partial charge in [0.25, 0.3) is 11.8 Å². The van der Waals surface area contributed by atoms with Gasteiger partial charge in [0.05, 0.1) is 11.1 Å². The molecule has 0 saturated carbocycles. The van der Waals surface area contributed by atoms with Crippen molar-refractivity contribution in [1.82, 2.24) is 20.2 Å². The highest BCUT2D eigenvalue weighted by molar-refractivity contribution is 6.30. The fraction of sp³-hybridized carbons (Fsp3) is 0.250. The van der Waals surface area contributed by atoms with E-state index in [4.69, 9.17) is 16.0 Å². The molecule has 3 rings (SSSR count). The Morgan fingerprint density at radius 3 is 2.28 bits per heavy atom. The zero-order valence-electron chi connectivity index (χ0n) is 13.4. The second kappa shape index (κ2) is 6.72. The predicted molar refractivity (Wildman–Crippen MR) is 88.4 cm³/mol. The van der Waals surface area contributed by atoms with E-state index in [1.165, 1.54) is 12.4 Å². The number of anilines is 1. The van der Waals surface area contributed by atoms with E-state index in [-0.39, 0.29) is 5.89 Å². The average Bonchev–Trinajstić information content (AvgIpc) is 3.06. The third kappa shape index (κ3) is 3.90. The van der Waals surface area contributed by atoms with Crippen molar-refractivity contribution in [2.45, 2.75) is 25.8 Å². The van der Waals surface area contributed by atoms with Crippen LogP contribution in [0.3, 0.4) is 0 Å². The van der Waals surface area contributed by atoms with Crippen molar-refractivity contribution >= 4 is 17.5 Å². The second-order valence-electron chi connectivity index (χ2n) is 5.80. The van der Waals surface area contributed by atoms with Crippen molar-refractivity contribution < 1.29 is 13.2 Å². The first-order chi connectivity index (χ1) is 11.8. The first kappa shape index (κ1) is 17.2. The van der Waals surface area contributed by atoms with Crippen molar-refractivity contribution in [2.75, 3.05) is 5.32 Å². The van der Waals surface area contributed by atoms with Crippen LogP contribution in [0.1, 0.15) is 31.7 Å². The molecule has 2 aromatic heterocycles. The predicted octanol–water partition coefficient (Wildman–Crippen LogP) is 4.46. The van der Waals surface area contributed by atoms with Gasteiger partial charge < -0.3 is 9.73 Å². The van der Waals surface area contributed by atoms with E-state index in [0.29, 0.717) is 16.5 Å². The Bertz CT molecular complexity index is 850. The highest BCUT2D eigenvalue weighted by atomic mass is 35.5. The lowest BCUT2D eigenvalue weighted by Crippen LogP contribution is -2.28. The molecule has 1 N–H and O–H groups in total. The van der Waals surface area contributed by atoms with Crippen molar-refractivity contribution in [1.29, 1.82) is 0 Å². The summed E-state index contributed by atoms with van der Waals surface area (Å²) in [6, 6.07) is 7.43. The molecule has 0 aliphatic heterocycles. The summed E-state index contributed by atoms with van der Waals surface area (Å²) in [5.41, 5.74) is 0.914. The van der Waals surface area contributed by atoms with Gasteiger partial charge >= 0.3 is 6.43 Å². The Morgan fingerprint density at radius 1 is 1.08 bits per heavy atom. The quantitative estimate of drug-likeness (QED) is 0.719. The number of hydrogen-bond acceptors (Lipinski definition) is 6. The van der Waals surface area contributed by atoms with Crippen LogP contribution in [-0.4, -0.2) is 20.2 Å². The van der Waals surface area contributed by atoms with Crippen LogP contribution in [0.15, 0.2) is 41.1 Å². The summed E-state index contributed by atoms with van der Waals surface area (Å²) in [5, 5.41) is 10.7. The number of halogens is 3. The van der Waals surface area contributed by atoms with Crippen LogP contribution in [0.2, 0.25) is 5.02 Å². The second-order valence-corrected chi connectivity index (χ2v) is 6.23. The molecule has 1 aromatic carbocycles. The molecule has 0 aliphatic rings. The molecule has 9 heteroatoms. The standard InChI is InChI=1S/C16H14ClF2N5O/c1-16(2,10-3-5-11(17)6-4-10)22-15-20-7-9(8-21-15)13-23-24-14(25-13)12(18)19/h3-8,12H,1-2H3,(H,20,21,22). The molecule has 2 heterocycles. The summed E-state index contributed by atoms with van der Waals surface area (Å²) < 4.78 is 29.8. The van der Waals surface area contributed by atoms with E-state index in [0.717, 1.165) is 5.56 Å². The lowest BCUT2D eigenvalue weighted by molar-refractivity contribution is 0.116. The Balaban J connectivity index is 1.76. The van der Waals surface area contributed by atoms with Gasteiger partial charge in [0.15, 0.2) is 0 Å². The minimum Gasteiger partial charge on any atom is -0.415 e. The molecule has 0 spiro atoms. The van der Waals surface area contributed by atoms with E-state index >= 15 is 0 Å². The summed E-state index contributed by atoms with van der Waals surface area (Å²) in [7, 11) is 0. The lowest BCUT2D eigenvalue weighted by Gasteiger charge is -2.26. The van der Waals surface area contributed by atoms with Crippen LogP contribution in [-0.2, 0) is 5.54 Å². The van der Waals surface area contributed by atoms with Crippen molar-refractivity contribution in [2.24, 2.45) is 0 Å². The third-order valence-corrected chi connectivity index (χ3v) is 3.77. The molecule has 130 valence electrons. The van der Waals surface area contributed by atoms with Gasteiger partial charge in [-0.1, -0.05) is 23.7 Å². The van der Waals surface area contributed by atoms with Crippen molar-refractivity contribution in [3.63, 3.8) is 0 Å². The largest absolute Gasteiger partial charge is 0.415 e. The van der Waals surface area contributed by atoms with Gasteiger partial charge in [-0.2, -0.15) is 8.78 Å². The summed E-state index contributed by atoms with van der Waals surface area (Å²) in [6.45, 7) is 3.95. The van der Waals surface area contributed by atoms with Crippen LogP contribution >= 0.6 is 11.6 Å². The van der Waals surface area contributed by atoms with E-state index in [2.05, 4.69) is 25.5 Å². The molecular formula is C16H14ClF2N5O. The van der Waals surface area contributed by atoms with Gasteiger partial charge in [-0.05, 0) is 31.5 Å². The molecule has 25 heavy (non-hydrogen) atoms. The molecule has 0 fully saturated rings. The van der Waals surface area contributed by atoms with Gasteiger partial charge in [0.2, 0.25) is 5.95 Å². The number of nitrogens with zero attached hydrogens (tertiary/aromatic N) is 4. The number of aromatic nitrogens is 4. The summed E-state index contributed by atoms with van der Waals surface area (Å²) in [6.07, 6.45) is 0.0368. The lowest BCUT2D eigenvalue weighted by atomic mass is 9.94. The minimum absolute atomic E-state index is 0.0567. The van der Waals surface area contributed by atoms with Crippen LogP contribution in [0, 0.1) is 0 Å². The van der Waals surface area contributed by atoms with Gasteiger partial charge in [0.1, 0.15) is 0 Å². The van der Waals surface area contributed by atoms with Crippen LogP contribution in [0.5, 0.6) is 0 Å². The molecule has 0 saturated heterocycles. The number of alkyl halides is 2. The molecular weight excluding hydrogens is 352 g/mol. The van der Waals surface area contributed by atoms with E-state index in [1.54, 1.807) is 12.1 Å². The molecule has 3 aromatic rings. The highest BCUT2D eigenvalue weighted by Gasteiger charge is 2.22. The Morgan fingerprint density at radius 2 is 1.72 bits per heavy atom. The zero-order chi connectivity index (χ0) is 18.0. The molecule has 0 radical (unpaired) electrons. The topological polar surface area (TPSA) is 76.7 Å². The zero-order valence-corrected chi connectivity index (χ0v) is 14.1. The monoisotopic (exact) mass is 365 g/mol. The normalized spacial score (nSPS) is 11.8. The van der Waals surface area contributed by atoms with E-state index in [1.807, 2.05) is 26.0 Å². The molecule has 0 aliphatic carbocycles. The first-order valence-electron chi connectivity index (χ1n) is 7.33. The van der Waals surface area contributed by atoms with Gasteiger partial charge in [-0.15, -0.1) is 10.2 Å². The Hall–Kier alpha value is -2.61.